The van der Waals surface area contributed by atoms with Crippen LogP contribution in [0, 0.1) is 0 Å². The molecule has 1 aromatic carbocycles. The highest BCUT2D eigenvalue weighted by molar-refractivity contribution is 5.38. The van der Waals surface area contributed by atoms with E-state index in [-0.39, 0.29) is 5.54 Å². The summed E-state index contributed by atoms with van der Waals surface area (Å²) in [6.45, 7) is 7.49. The van der Waals surface area contributed by atoms with Gasteiger partial charge in [-0.05, 0) is 64.2 Å². The van der Waals surface area contributed by atoms with Gasteiger partial charge in [-0.2, -0.15) is 0 Å². The van der Waals surface area contributed by atoms with Crippen LogP contribution in [0.3, 0.4) is 0 Å². The Kier molecular flexibility index (Phi) is 3.85. The van der Waals surface area contributed by atoms with E-state index in [0.717, 1.165) is 19.4 Å². The van der Waals surface area contributed by atoms with Crippen LogP contribution >= 0.6 is 0 Å². The fraction of sp³-hybridized carbons (Fsp3) is 0.500. The zero-order valence-corrected chi connectivity index (χ0v) is 13.3. The number of hydrogen-bond donors (Lipinski definition) is 1. The minimum absolute atomic E-state index is 0.155. The Morgan fingerprint density at radius 1 is 1.10 bits per heavy atom. The predicted octanol–water partition coefficient (Wildman–Crippen LogP) is 3.64. The van der Waals surface area contributed by atoms with Gasteiger partial charge >= 0.3 is 0 Å². The third-order valence-electron chi connectivity index (χ3n) is 4.07. The first-order valence-corrected chi connectivity index (χ1v) is 7.92. The number of aryl methyl sites for hydroxylation is 1. The molecule has 3 rings (SSSR count). The molecule has 2 aromatic rings. The Morgan fingerprint density at radius 2 is 1.81 bits per heavy atom. The summed E-state index contributed by atoms with van der Waals surface area (Å²) in [5, 5.41) is 3.52. The van der Waals surface area contributed by atoms with Crippen LogP contribution in [0.15, 0.2) is 30.6 Å². The summed E-state index contributed by atoms with van der Waals surface area (Å²) in [4.78, 5) is 4.57. The minimum atomic E-state index is 0.155. The summed E-state index contributed by atoms with van der Waals surface area (Å²) >= 11 is 0. The smallest absolute Gasteiger partial charge is 0.0997 e. The van der Waals surface area contributed by atoms with E-state index in [9.17, 15) is 0 Å². The van der Waals surface area contributed by atoms with Crippen LogP contribution in [-0.4, -0.2) is 15.1 Å². The molecular weight excluding hydrogens is 258 g/mol. The maximum absolute atomic E-state index is 4.57. The van der Waals surface area contributed by atoms with Crippen molar-refractivity contribution in [3.8, 4) is 5.69 Å². The number of rotatable bonds is 3. The van der Waals surface area contributed by atoms with Gasteiger partial charge in [-0.3, -0.25) is 0 Å². The summed E-state index contributed by atoms with van der Waals surface area (Å²) in [6, 6.07) is 8.83. The van der Waals surface area contributed by atoms with E-state index < -0.39 is 0 Å². The Hall–Kier alpha value is -1.61. The number of aromatic nitrogens is 2. The molecule has 0 spiro atoms. The van der Waals surface area contributed by atoms with E-state index >= 15 is 0 Å². The van der Waals surface area contributed by atoms with E-state index in [2.05, 4.69) is 59.9 Å². The maximum Gasteiger partial charge on any atom is 0.0997 e. The zero-order chi connectivity index (χ0) is 14.9. The lowest BCUT2D eigenvalue weighted by Gasteiger charge is -2.20. The lowest BCUT2D eigenvalue weighted by Crippen LogP contribution is -2.35. The van der Waals surface area contributed by atoms with Gasteiger partial charge in [0.2, 0.25) is 0 Å². The van der Waals surface area contributed by atoms with Gasteiger partial charge in [0.1, 0.15) is 0 Å². The lowest BCUT2D eigenvalue weighted by molar-refractivity contribution is 0.424. The van der Waals surface area contributed by atoms with Crippen molar-refractivity contribution in [2.24, 2.45) is 0 Å². The number of nitrogens with one attached hydrogen (secondary N) is 1. The molecular formula is C18H25N3. The highest BCUT2D eigenvalue weighted by Gasteiger charge is 2.16. The van der Waals surface area contributed by atoms with Crippen LogP contribution < -0.4 is 5.32 Å². The third kappa shape index (κ3) is 3.35. The predicted molar refractivity (Wildman–Crippen MR) is 86.8 cm³/mol. The molecule has 21 heavy (non-hydrogen) atoms. The number of imidazole rings is 1. The van der Waals surface area contributed by atoms with Crippen LogP contribution in [0.2, 0.25) is 0 Å². The number of benzene rings is 1. The molecule has 1 N–H and O–H groups in total. The molecule has 0 radical (unpaired) electrons. The molecule has 1 aromatic heterocycles. The summed E-state index contributed by atoms with van der Waals surface area (Å²) in [6.07, 6.45) is 6.84. The summed E-state index contributed by atoms with van der Waals surface area (Å²) in [7, 11) is 0. The molecule has 0 saturated carbocycles. The van der Waals surface area contributed by atoms with Crippen LogP contribution in [-0.2, 0) is 19.4 Å². The second-order valence-corrected chi connectivity index (χ2v) is 6.99. The second-order valence-electron chi connectivity index (χ2n) is 6.99. The fourth-order valence-electron chi connectivity index (χ4n) is 2.83. The van der Waals surface area contributed by atoms with Gasteiger partial charge in [0, 0.05) is 23.5 Å². The van der Waals surface area contributed by atoms with Crippen LogP contribution in [0.4, 0.5) is 0 Å². The highest BCUT2D eigenvalue weighted by atomic mass is 15.1. The number of fused-ring (bicyclic) bond motifs is 1. The Bertz CT molecular complexity index is 602. The van der Waals surface area contributed by atoms with Gasteiger partial charge in [-0.25, -0.2) is 4.98 Å². The van der Waals surface area contributed by atoms with Crippen LogP contribution in [0.1, 0.15) is 50.6 Å². The summed E-state index contributed by atoms with van der Waals surface area (Å²) in [5.74, 6) is 0. The van der Waals surface area contributed by atoms with Crippen molar-refractivity contribution in [3.05, 3.63) is 47.5 Å². The first-order chi connectivity index (χ1) is 10.0. The molecule has 0 unspecified atom stereocenters. The largest absolute Gasteiger partial charge is 0.308 e. The van der Waals surface area contributed by atoms with E-state index in [1.54, 1.807) is 0 Å². The normalized spacial score (nSPS) is 15.0. The first-order valence-electron chi connectivity index (χ1n) is 7.92. The Labute approximate surface area is 127 Å². The van der Waals surface area contributed by atoms with Crippen LogP contribution in [0.5, 0.6) is 0 Å². The molecule has 0 fully saturated rings. The van der Waals surface area contributed by atoms with Gasteiger partial charge in [0.25, 0.3) is 0 Å². The Balaban J connectivity index is 1.77. The SMILES string of the molecule is CC(C)(C)NCc1ccc(-n2cnc3c2CCCC3)cc1. The number of hydrogen-bond acceptors (Lipinski definition) is 2. The molecule has 3 nitrogen and oxygen atoms in total. The standard InChI is InChI=1S/C18H25N3/c1-18(2,3)20-12-14-8-10-15(11-9-14)21-13-19-16-6-4-5-7-17(16)21/h8-11,13,20H,4-7,12H2,1-3H3. The molecule has 0 saturated heterocycles. The van der Waals surface area contributed by atoms with E-state index in [1.807, 2.05) is 6.33 Å². The zero-order valence-electron chi connectivity index (χ0n) is 13.3. The molecule has 112 valence electrons. The fourth-order valence-corrected chi connectivity index (χ4v) is 2.83. The van der Waals surface area contributed by atoms with E-state index in [0.29, 0.717) is 0 Å². The van der Waals surface area contributed by atoms with Crippen molar-refractivity contribution in [1.29, 1.82) is 0 Å². The molecule has 0 amide bonds. The minimum Gasteiger partial charge on any atom is -0.308 e. The van der Waals surface area contributed by atoms with Gasteiger partial charge in [0.15, 0.2) is 0 Å². The molecule has 0 aliphatic heterocycles. The summed E-state index contributed by atoms with van der Waals surface area (Å²) in [5.41, 5.74) is 5.40. The average Bonchev–Trinajstić information content (AvgIpc) is 2.89. The van der Waals surface area contributed by atoms with E-state index in [1.165, 1.54) is 35.5 Å². The highest BCUT2D eigenvalue weighted by Crippen LogP contribution is 2.23. The van der Waals surface area contributed by atoms with Crippen molar-refractivity contribution >= 4 is 0 Å². The van der Waals surface area contributed by atoms with Crippen molar-refractivity contribution in [2.45, 2.75) is 58.5 Å². The first kappa shape index (κ1) is 14.3. The van der Waals surface area contributed by atoms with Gasteiger partial charge in [-0.1, -0.05) is 12.1 Å². The van der Waals surface area contributed by atoms with Crippen LogP contribution in [0.25, 0.3) is 5.69 Å². The number of nitrogens with zero attached hydrogens (tertiary/aromatic N) is 2. The molecule has 1 aliphatic rings. The quantitative estimate of drug-likeness (QED) is 0.932. The lowest BCUT2D eigenvalue weighted by atomic mass is 10.0. The van der Waals surface area contributed by atoms with E-state index in [4.69, 9.17) is 0 Å². The second kappa shape index (κ2) is 5.64. The van der Waals surface area contributed by atoms with Crippen molar-refractivity contribution < 1.29 is 0 Å². The molecule has 0 atom stereocenters. The van der Waals surface area contributed by atoms with Gasteiger partial charge in [0.05, 0.1) is 12.0 Å². The van der Waals surface area contributed by atoms with Crippen molar-refractivity contribution in [2.75, 3.05) is 0 Å². The monoisotopic (exact) mass is 283 g/mol. The average molecular weight is 283 g/mol. The Morgan fingerprint density at radius 3 is 2.52 bits per heavy atom. The van der Waals surface area contributed by atoms with Gasteiger partial charge < -0.3 is 9.88 Å². The molecule has 1 heterocycles. The third-order valence-corrected chi connectivity index (χ3v) is 4.07. The molecule has 1 aliphatic carbocycles. The summed E-state index contributed by atoms with van der Waals surface area (Å²) < 4.78 is 2.26. The molecule has 0 bridgehead atoms. The molecule has 3 heteroatoms. The topological polar surface area (TPSA) is 29.9 Å². The van der Waals surface area contributed by atoms with Crippen molar-refractivity contribution in [1.82, 2.24) is 14.9 Å². The maximum atomic E-state index is 4.57. The van der Waals surface area contributed by atoms with Gasteiger partial charge in [-0.15, -0.1) is 0 Å². The van der Waals surface area contributed by atoms with Crippen molar-refractivity contribution in [3.63, 3.8) is 0 Å².